The Morgan fingerprint density at radius 3 is 2.76 bits per heavy atom. The Balaban J connectivity index is 2.19. The Hall–Kier alpha value is -1.35. The standard InChI is InChI=1S/C14H15BrN2/c1-10-13(15)6-3-7-14(10)17-11(2)12-5-4-8-16-9-12/h3-9,11,17H,1-2H3. The van der Waals surface area contributed by atoms with Crippen LogP contribution in [0.2, 0.25) is 0 Å². The van der Waals surface area contributed by atoms with Gasteiger partial charge in [0, 0.05) is 22.6 Å². The third-order valence-electron chi connectivity index (χ3n) is 2.82. The van der Waals surface area contributed by atoms with Crippen LogP contribution in [0.4, 0.5) is 5.69 Å². The molecule has 0 aliphatic rings. The normalized spacial score (nSPS) is 12.2. The van der Waals surface area contributed by atoms with Crippen molar-refractivity contribution in [1.82, 2.24) is 4.98 Å². The predicted octanol–water partition coefficient (Wildman–Crippen LogP) is 4.33. The van der Waals surface area contributed by atoms with Crippen molar-refractivity contribution in [3.05, 3.63) is 58.3 Å². The SMILES string of the molecule is Cc1c(Br)cccc1NC(C)c1cccnc1. The fourth-order valence-corrected chi connectivity index (χ4v) is 2.08. The highest BCUT2D eigenvalue weighted by Gasteiger charge is 2.07. The molecule has 1 heterocycles. The molecule has 1 N–H and O–H groups in total. The number of nitrogens with zero attached hydrogens (tertiary/aromatic N) is 1. The van der Waals surface area contributed by atoms with Crippen molar-refractivity contribution in [2.45, 2.75) is 19.9 Å². The second kappa shape index (κ2) is 5.32. The summed E-state index contributed by atoms with van der Waals surface area (Å²) in [5.41, 5.74) is 3.56. The minimum absolute atomic E-state index is 0.247. The lowest BCUT2D eigenvalue weighted by molar-refractivity contribution is 0.873. The molecule has 1 unspecified atom stereocenters. The topological polar surface area (TPSA) is 24.9 Å². The zero-order chi connectivity index (χ0) is 12.3. The Morgan fingerprint density at radius 2 is 2.06 bits per heavy atom. The van der Waals surface area contributed by atoms with Gasteiger partial charge in [-0.25, -0.2) is 0 Å². The molecule has 88 valence electrons. The number of benzene rings is 1. The van der Waals surface area contributed by atoms with Crippen LogP contribution in [0.5, 0.6) is 0 Å². The molecule has 1 aromatic heterocycles. The van der Waals surface area contributed by atoms with E-state index in [1.54, 1.807) is 6.20 Å². The average molecular weight is 291 g/mol. The summed E-state index contributed by atoms with van der Waals surface area (Å²) in [6.07, 6.45) is 3.69. The molecule has 2 nitrogen and oxygen atoms in total. The summed E-state index contributed by atoms with van der Waals surface area (Å²) in [7, 11) is 0. The maximum atomic E-state index is 4.14. The first-order valence-electron chi connectivity index (χ1n) is 5.60. The van der Waals surface area contributed by atoms with E-state index in [0.717, 1.165) is 10.2 Å². The van der Waals surface area contributed by atoms with E-state index in [1.165, 1.54) is 11.1 Å². The van der Waals surface area contributed by atoms with Crippen molar-refractivity contribution in [2.24, 2.45) is 0 Å². The van der Waals surface area contributed by atoms with Crippen LogP contribution < -0.4 is 5.32 Å². The number of rotatable bonds is 3. The summed E-state index contributed by atoms with van der Waals surface area (Å²) >= 11 is 3.54. The number of hydrogen-bond donors (Lipinski definition) is 1. The molecule has 0 radical (unpaired) electrons. The maximum Gasteiger partial charge on any atom is 0.0500 e. The Kier molecular flexibility index (Phi) is 3.79. The van der Waals surface area contributed by atoms with Crippen LogP contribution in [0.3, 0.4) is 0 Å². The summed E-state index contributed by atoms with van der Waals surface area (Å²) in [6.45, 7) is 4.24. The molecule has 0 saturated carbocycles. The number of anilines is 1. The maximum absolute atomic E-state index is 4.14. The minimum Gasteiger partial charge on any atom is -0.378 e. The molecule has 0 fully saturated rings. The lowest BCUT2D eigenvalue weighted by atomic mass is 10.1. The quantitative estimate of drug-likeness (QED) is 0.910. The molecule has 2 aromatic rings. The number of nitrogens with one attached hydrogen (secondary N) is 1. The summed E-state index contributed by atoms with van der Waals surface area (Å²) in [4.78, 5) is 4.14. The summed E-state index contributed by atoms with van der Waals surface area (Å²) in [6, 6.07) is 10.5. The first kappa shape index (κ1) is 12.1. The molecule has 0 spiro atoms. The lowest BCUT2D eigenvalue weighted by Crippen LogP contribution is -2.07. The van der Waals surface area contributed by atoms with Crippen LogP contribution in [0.15, 0.2) is 47.2 Å². The molecule has 0 saturated heterocycles. The van der Waals surface area contributed by atoms with Gasteiger partial charge in [-0.3, -0.25) is 4.98 Å². The van der Waals surface area contributed by atoms with Gasteiger partial charge in [-0.05, 0) is 43.2 Å². The van der Waals surface area contributed by atoms with Gasteiger partial charge in [0.15, 0.2) is 0 Å². The van der Waals surface area contributed by atoms with Crippen molar-refractivity contribution >= 4 is 21.6 Å². The molecule has 0 amide bonds. The summed E-state index contributed by atoms with van der Waals surface area (Å²) in [5.74, 6) is 0. The van der Waals surface area contributed by atoms with Gasteiger partial charge in [-0.2, -0.15) is 0 Å². The van der Waals surface area contributed by atoms with Crippen LogP contribution in [0.25, 0.3) is 0 Å². The van der Waals surface area contributed by atoms with Crippen LogP contribution in [-0.2, 0) is 0 Å². The van der Waals surface area contributed by atoms with E-state index in [9.17, 15) is 0 Å². The van der Waals surface area contributed by atoms with E-state index in [2.05, 4.69) is 58.3 Å². The Bertz CT molecular complexity index is 497. The average Bonchev–Trinajstić information content (AvgIpc) is 2.36. The highest BCUT2D eigenvalue weighted by molar-refractivity contribution is 9.10. The van der Waals surface area contributed by atoms with Gasteiger partial charge in [0.25, 0.3) is 0 Å². The van der Waals surface area contributed by atoms with Gasteiger partial charge in [0.05, 0.1) is 6.04 Å². The molecule has 17 heavy (non-hydrogen) atoms. The zero-order valence-electron chi connectivity index (χ0n) is 9.94. The number of halogens is 1. The minimum atomic E-state index is 0.247. The van der Waals surface area contributed by atoms with Gasteiger partial charge in [0.2, 0.25) is 0 Å². The first-order valence-corrected chi connectivity index (χ1v) is 6.39. The fourth-order valence-electron chi connectivity index (χ4n) is 1.71. The van der Waals surface area contributed by atoms with Crippen LogP contribution in [0, 0.1) is 6.92 Å². The third-order valence-corrected chi connectivity index (χ3v) is 3.68. The molecule has 3 heteroatoms. The third kappa shape index (κ3) is 2.86. The largest absolute Gasteiger partial charge is 0.378 e. The number of hydrogen-bond acceptors (Lipinski definition) is 2. The van der Waals surface area contributed by atoms with E-state index in [0.29, 0.717) is 0 Å². The van der Waals surface area contributed by atoms with E-state index >= 15 is 0 Å². The molecular formula is C14H15BrN2. The zero-order valence-corrected chi connectivity index (χ0v) is 11.5. The van der Waals surface area contributed by atoms with Crippen LogP contribution in [-0.4, -0.2) is 4.98 Å². The van der Waals surface area contributed by atoms with Crippen LogP contribution >= 0.6 is 15.9 Å². The van der Waals surface area contributed by atoms with Crippen LogP contribution in [0.1, 0.15) is 24.1 Å². The second-order valence-electron chi connectivity index (χ2n) is 4.06. The van der Waals surface area contributed by atoms with Crippen molar-refractivity contribution in [3.63, 3.8) is 0 Å². The molecule has 0 aliphatic carbocycles. The van der Waals surface area contributed by atoms with E-state index in [-0.39, 0.29) is 6.04 Å². The molecule has 2 rings (SSSR count). The van der Waals surface area contributed by atoms with Crippen molar-refractivity contribution < 1.29 is 0 Å². The van der Waals surface area contributed by atoms with Crippen molar-refractivity contribution in [1.29, 1.82) is 0 Å². The highest BCUT2D eigenvalue weighted by atomic mass is 79.9. The van der Waals surface area contributed by atoms with E-state index in [4.69, 9.17) is 0 Å². The van der Waals surface area contributed by atoms with E-state index < -0.39 is 0 Å². The van der Waals surface area contributed by atoms with Gasteiger partial charge in [-0.1, -0.05) is 28.1 Å². The molecule has 1 aromatic carbocycles. The smallest absolute Gasteiger partial charge is 0.0500 e. The number of pyridine rings is 1. The first-order chi connectivity index (χ1) is 8.18. The van der Waals surface area contributed by atoms with E-state index in [1.807, 2.05) is 18.3 Å². The molecular weight excluding hydrogens is 276 g/mol. The predicted molar refractivity (Wildman–Crippen MR) is 75.2 cm³/mol. The Labute approximate surface area is 110 Å². The van der Waals surface area contributed by atoms with Gasteiger partial charge < -0.3 is 5.32 Å². The molecule has 1 atom stereocenters. The Morgan fingerprint density at radius 1 is 1.24 bits per heavy atom. The summed E-state index contributed by atoms with van der Waals surface area (Å²) in [5, 5.41) is 3.50. The van der Waals surface area contributed by atoms with Crippen molar-refractivity contribution in [3.8, 4) is 0 Å². The van der Waals surface area contributed by atoms with Gasteiger partial charge >= 0.3 is 0 Å². The summed E-state index contributed by atoms with van der Waals surface area (Å²) < 4.78 is 1.13. The highest BCUT2D eigenvalue weighted by Crippen LogP contribution is 2.26. The van der Waals surface area contributed by atoms with Gasteiger partial charge in [0.1, 0.15) is 0 Å². The van der Waals surface area contributed by atoms with Gasteiger partial charge in [-0.15, -0.1) is 0 Å². The number of aromatic nitrogens is 1. The van der Waals surface area contributed by atoms with Crippen molar-refractivity contribution in [2.75, 3.05) is 5.32 Å². The second-order valence-corrected chi connectivity index (χ2v) is 4.92. The fraction of sp³-hybridized carbons (Fsp3) is 0.214. The monoisotopic (exact) mass is 290 g/mol. The molecule has 0 aliphatic heterocycles. The molecule has 0 bridgehead atoms. The lowest BCUT2D eigenvalue weighted by Gasteiger charge is -2.17.